The van der Waals surface area contributed by atoms with Crippen LogP contribution in [0.5, 0.6) is 0 Å². The van der Waals surface area contributed by atoms with Gasteiger partial charge < -0.3 is 18.9 Å². The van der Waals surface area contributed by atoms with Crippen LogP contribution in [0.2, 0.25) is 0 Å². The fraction of sp³-hybridized carbons (Fsp3) is 0.727. The predicted molar refractivity (Wildman–Crippen MR) is 224 cm³/mol. The lowest BCUT2D eigenvalue weighted by molar-refractivity contribution is -0.870. The minimum Gasteiger partial charge on any atom is -0.462 e. The Morgan fingerprint density at radius 1 is 0.574 bits per heavy atom. The first-order chi connectivity index (χ1) is 26.0. The minimum absolute atomic E-state index is 0.0222. The Bertz CT molecular complexity index is 1110. The summed E-state index contributed by atoms with van der Waals surface area (Å²) >= 11 is 0. The fourth-order valence-corrected chi connectivity index (χ4v) is 5.92. The van der Waals surface area contributed by atoms with Crippen molar-refractivity contribution in [3.05, 3.63) is 60.8 Å². The highest BCUT2D eigenvalue weighted by atomic mass is 31.2. The number of likely N-dealkylation sites (N-methyl/N-ethyl adjacent to an activating group) is 1. The van der Waals surface area contributed by atoms with Gasteiger partial charge in [0.25, 0.3) is 0 Å². The van der Waals surface area contributed by atoms with Gasteiger partial charge in [0, 0.05) is 12.8 Å². The SMILES string of the molecule is CCC/C=C/C/C=C/C/C=C/C/C=C/CCCCCC(=O)OC[C@H](COP(=O)(O)OCC[N+](C)(C)C)OC(=O)CCCCCCC/C=C/CCCCCC. The Kier molecular flexibility index (Phi) is 34.8. The second-order valence-electron chi connectivity index (χ2n) is 15.0. The molecule has 1 N–H and O–H groups in total. The largest absolute Gasteiger partial charge is 0.472 e. The molecule has 0 rings (SSSR count). The van der Waals surface area contributed by atoms with Crippen molar-refractivity contribution in [1.29, 1.82) is 0 Å². The van der Waals surface area contributed by atoms with Crippen molar-refractivity contribution < 1.29 is 42.1 Å². The highest BCUT2D eigenvalue weighted by Gasteiger charge is 2.27. The number of ether oxygens (including phenoxy) is 2. The molecule has 0 saturated heterocycles. The quantitative estimate of drug-likeness (QED) is 0.0218. The number of carbonyl (C=O) groups is 2. The molecule has 0 aromatic carbocycles. The highest BCUT2D eigenvalue weighted by molar-refractivity contribution is 7.47. The van der Waals surface area contributed by atoms with Gasteiger partial charge in [-0.1, -0.05) is 126 Å². The maximum Gasteiger partial charge on any atom is 0.472 e. The number of phosphoric acid groups is 1. The van der Waals surface area contributed by atoms with Crippen LogP contribution in [0.4, 0.5) is 0 Å². The number of hydrogen-bond donors (Lipinski definition) is 1. The second-order valence-corrected chi connectivity index (χ2v) is 16.5. The van der Waals surface area contributed by atoms with E-state index in [-0.39, 0.29) is 26.1 Å². The van der Waals surface area contributed by atoms with E-state index in [2.05, 4.69) is 74.6 Å². The van der Waals surface area contributed by atoms with Crippen LogP contribution in [0.15, 0.2) is 60.8 Å². The third kappa shape index (κ3) is 39.4. The number of quaternary nitrogens is 1. The molecule has 0 aliphatic heterocycles. The summed E-state index contributed by atoms with van der Waals surface area (Å²) in [6.45, 7) is 4.27. The van der Waals surface area contributed by atoms with Crippen molar-refractivity contribution in [1.82, 2.24) is 0 Å². The van der Waals surface area contributed by atoms with Crippen LogP contribution < -0.4 is 0 Å². The molecule has 1 unspecified atom stereocenters. The summed E-state index contributed by atoms with van der Waals surface area (Å²) in [4.78, 5) is 35.3. The third-order valence-corrected chi connectivity index (χ3v) is 9.49. The molecule has 0 aromatic rings. The van der Waals surface area contributed by atoms with Gasteiger partial charge in [-0.3, -0.25) is 18.6 Å². The number of carbonyl (C=O) groups excluding carboxylic acids is 2. The van der Waals surface area contributed by atoms with Crippen LogP contribution in [0.25, 0.3) is 0 Å². The van der Waals surface area contributed by atoms with Crippen molar-refractivity contribution in [3.8, 4) is 0 Å². The average molecular weight is 781 g/mol. The normalized spacial score (nSPS) is 14.3. The summed E-state index contributed by atoms with van der Waals surface area (Å²) in [6.07, 6.45) is 42.6. The lowest BCUT2D eigenvalue weighted by Gasteiger charge is -2.24. The first kappa shape index (κ1) is 51.7. The lowest BCUT2D eigenvalue weighted by atomic mass is 10.1. The van der Waals surface area contributed by atoms with Gasteiger partial charge in [-0.25, -0.2) is 4.57 Å². The van der Waals surface area contributed by atoms with Gasteiger partial charge in [0.05, 0.1) is 27.7 Å². The second kappa shape index (κ2) is 36.4. The van der Waals surface area contributed by atoms with Crippen LogP contribution in [-0.4, -0.2) is 74.9 Å². The summed E-state index contributed by atoms with van der Waals surface area (Å²) in [5.41, 5.74) is 0. The molecule has 312 valence electrons. The maximum absolute atomic E-state index is 12.6. The van der Waals surface area contributed by atoms with Crippen molar-refractivity contribution in [2.75, 3.05) is 47.5 Å². The monoisotopic (exact) mass is 781 g/mol. The number of hydrogen-bond acceptors (Lipinski definition) is 7. The van der Waals surface area contributed by atoms with Gasteiger partial charge >= 0.3 is 19.8 Å². The van der Waals surface area contributed by atoms with E-state index in [1.54, 1.807) is 0 Å². The van der Waals surface area contributed by atoms with Crippen molar-refractivity contribution in [3.63, 3.8) is 0 Å². The van der Waals surface area contributed by atoms with Gasteiger partial charge in [-0.15, -0.1) is 0 Å². The molecule has 0 heterocycles. The smallest absolute Gasteiger partial charge is 0.462 e. The number of rotatable bonds is 37. The maximum atomic E-state index is 12.6. The molecule has 0 aliphatic carbocycles. The molecule has 9 nitrogen and oxygen atoms in total. The number of phosphoric ester groups is 1. The highest BCUT2D eigenvalue weighted by Crippen LogP contribution is 2.43. The molecule has 54 heavy (non-hydrogen) atoms. The summed E-state index contributed by atoms with van der Waals surface area (Å²) in [7, 11) is 1.44. The Morgan fingerprint density at radius 2 is 1.04 bits per heavy atom. The van der Waals surface area contributed by atoms with E-state index in [1.807, 2.05) is 21.1 Å². The predicted octanol–water partition coefficient (Wildman–Crippen LogP) is 11.7. The van der Waals surface area contributed by atoms with Crippen LogP contribution in [0.1, 0.15) is 155 Å². The van der Waals surface area contributed by atoms with E-state index in [4.69, 9.17) is 18.5 Å². The van der Waals surface area contributed by atoms with Crippen molar-refractivity contribution in [2.45, 2.75) is 161 Å². The van der Waals surface area contributed by atoms with E-state index in [1.165, 1.54) is 38.5 Å². The molecule has 0 radical (unpaired) electrons. The first-order valence-electron chi connectivity index (χ1n) is 21.0. The van der Waals surface area contributed by atoms with E-state index in [9.17, 15) is 19.0 Å². The molecular weight excluding hydrogens is 701 g/mol. The molecule has 0 amide bonds. The molecule has 10 heteroatoms. The third-order valence-electron chi connectivity index (χ3n) is 8.50. The molecule has 0 aromatic heterocycles. The van der Waals surface area contributed by atoms with Crippen molar-refractivity contribution >= 4 is 19.8 Å². The fourth-order valence-electron chi connectivity index (χ4n) is 5.17. The van der Waals surface area contributed by atoms with Gasteiger partial charge in [0.1, 0.15) is 19.8 Å². The Balaban J connectivity index is 4.47. The van der Waals surface area contributed by atoms with Crippen LogP contribution in [0.3, 0.4) is 0 Å². The van der Waals surface area contributed by atoms with Crippen LogP contribution in [0, 0.1) is 0 Å². The minimum atomic E-state index is -4.38. The Labute approximate surface area is 330 Å². The summed E-state index contributed by atoms with van der Waals surface area (Å²) < 4.78 is 34.2. The molecule has 0 saturated carbocycles. The average Bonchev–Trinajstić information content (AvgIpc) is 3.12. The number of unbranched alkanes of at least 4 members (excludes halogenated alkanes) is 13. The molecule has 0 bridgehead atoms. The molecular formula is C44H79NO8P+. The molecule has 2 atom stereocenters. The zero-order valence-corrected chi connectivity index (χ0v) is 35.8. The van der Waals surface area contributed by atoms with E-state index in [0.29, 0.717) is 23.9 Å². The van der Waals surface area contributed by atoms with E-state index < -0.39 is 32.5 Å². The van der Waals surface area contributed by atoms with Gasteiger partial charge in [0.2, 0.25) is 0 Å². The van der Waals surface area contributed by atoms with Gasteiger partial charge in [0.15, 0.2) is 6.10 Å². The Hall–Kier alpha value is -2.29. The molecule has 0 aliphatic rings. The van der Waals surface area contributed by atoms with Gasteiger partial charge in [-0.05, 0) is 77.0 Å². The van der Waals surface area contributed by atoms with E-state index in [0.717, 1.165) is 77.0 Å². The standard InChI is InChI=1S/C44H78NO8P/c1-6-8-10-12-14-16-18-20-21-22-23-25-26-28-30-32-34-36-43(46)50-40-42(41-52-54(48,49)51-39-38-45(3,4)5)53-44(47)37-35-33-31-29-27-24-19-17-15-13-11-9-7-2/h10,12,16-19,21-22,25-26,42H,6-9,11,13-15,20,23-24,27-41H2,1-5H3/p+1/b12-10+,18-16+,19-17+,22-21+,26-25+/t42-/m1/s1. The first-order valence-corrected chi connectivity index (χ1v) is 22.5. The lowest BCUT2D eigenvalue weighted by Crippen LogP contribution is -2.37. The summed E-state index contributed by atoms with van der Waals surface area (Å²) in [6, 6.07) is 0. The van der Waals surface area contributed by atoms with Crippen molar-refractivity contribution in [2.24, 2.45) is 0 Å². The topological polar surface area (TPSA) is 108 Å². The number of allylic oxidation sites excluding steroid dienone is 10. The molecule has 0 spiro atoms. The number of nitrogens with zero attached hydrogens (tertiary/aromatic N) is 1. The summed E-state index contributed by atoms with van der Waals surface area (Å²) in [5, 5.41) is 0. The Morgan fingerprint density at radius 3 is 1.59 bits per heavy atom. The molecule has 0 fully saturated rings. The summed E-state index contributed by atoms with van der Waals surface area (Å²) in [5.74, 6) is -0.851. The number of esters is 2. The van der Waals surface area contributed by atoms with Crippen LogP contribution >= 0.6 is 7.82 Å². The van der Waals surface area contributed by atoms with Gasteiger partial charge in [-0.2, -0.15) is 0 Å². The van der Waals surface area contributed by atoms with E-state index >= 15 is 0 Å². The van der Waals surface area contributed by atoms with Crippen LogP contribution in [-0.2, 0) is 32.7 Å². The zero-order chi connectivity index (χ0) is 40.0. The zero-order valence-electron chi connectivity index (χ0n) is 34.9.